The zero-order valence-corrected chi connectivity index (χ0v) is 25.7. The molecule has 0 aliphatic rings. The van der Waals surface area contributed by atoms with E-state index in [1.165, 1.54) is 57.8 Å². The summed E-state index contributed by atoms with van der Waals surface area (Å²) in [6.45, 7) is 8.24. The van der Waals surface area contributed by atoms with Crippen LogP contribution in [0.15, 0.2) is 49.2 Å². The van der Waals surface area contributed by atoms with E-state index in [4.69, 9.17) is 14.5 Å². The van der Waals surface area contributed by atoms with Crippen molar-refractivity contribution in [1.29, 1.82) is 0 Å². The van der Waals surface area contributed by atoms with Gasteiger partial charge in [0.25, 0.3) is 0 Å². The van der Waals surface area contributed by atoms with Crippen molar-refractivity contribution < 1.29 is 9.47 Å². The predicted molar refractivity (Wildman–Crippen MR) is 169 cm³/mol. The quantitative estimate of drug-likeness (QED) is 0.121. The summed E-state index contributed by atoms with van der Waals surface area (Å²) < 4.78 is 18.3. The van der Waals surface area contributed by atoms with Crippen molar-refractivity contribution in [2.45, 2.75) is 91.7 Å². The highest BCUT2D eigenvalue weighted by Gasteiger charge is 2.19. The van der Waals surface area contributed by atoms with Gasteiger partial charge in [0.1, 0.15) is 12.5 Å². The Morgan fingerprint density at radius 3 is 2.32 bits per heavy atom. The Morgan fingerprint density at radius 2 is 1.59 bits per heavy atom. The summed E-state index contributed by atoms with van der Waals surface area (Å²) in [5.74, 6) is 0.847. The van der Waals surface area contributed by atoms with E-state index in [9.17, 15) is 0 Å². The summed E-state index contributed by atoms with van der Waals surface area (Å²) in [5.41, 5.74) is 6.75. The van der Waals surface area contributed by atoms with Crippen LogP contribution < -0.4 is 4.74 Å². The van der Waals surface area contributed by atoms with Gasteiger partial charge in [0, 0.05) is 36.3 Å². The van der Waals surface area contributed by atoms with Crippen molar-refractivity contribution in [3.63, 3.8) is 0 Å². The molecular formula is C34H47N5O2. The van der Waals surface area contributed by atoms with Crippen LogP contribution >= 0.6 is 0 Å². The van der Waals surface area contributed by atoms with Gasteiger partial charge in [0.05, 0.1) is 42.6 Å². The number of nitrogens with zero attached hydrogens (tertiary/aromatic N) is 5. The molecule has 0 spiro atoms. The normalized spacial score (nSPS) is 12.3. The fourth-order valence-corrected chi connectivity index (χ4v) is 5.88. The number of fused-ring (bicyclic) bond motifs is 4. The van der Waals surface area contributed by atoms with Crippen molar-refractivity contribution in [2.75, 3.05) is 13.7 Å². The lowest BCUT2D eigenvalue weighted by Crippen LogP contribution is -2.06. The maximum Gasteiger partial charge on any atom is 0.159 e. The number of hydrogen-bond donors (Lipinski definition) is 0. The highest BCUT2D eigenvalue weighted by molar-refractivity contribution is 5.98. The molecule has 7 heteroatoms. The van der Waals surface area contributed by atoms with Crippen LogP contribution in [0.3, 0.4) is 0 Å². The Hall–Kier alpha value is -3.32. The van der Waals surface area contributed by atoms with Gasteiger partial charge in [-0.1, -0.05) is 72.1 Å². The fourth-order valence-electron chi connectivity index (χ4n) is 5.88. The largest absolute Gasteiger partial charge is 0.497 e. The van der Waals surface area contributed by atoms with Crippen LogP contribution in [0, 0.1) is 5.41 Å². The van der Waals surface area contributed by atoms with Gasteiger partial charge >= 0.3 is 0 Å². The van der Waals surface area contributed by atoms with E-state index in [0.717, 1.165) is 57.6 Å². The SMILES string of the molecule is COc1ccc2c(c1)c(-c1cc3c(ncc4cncn43)n1COCCCCCCCCCCCC(C)(C)C)cn2C. The molecule has 0 unspecified atom stereocenters. The summed E-state index contributed by atoms with van der Waals surface area (Å²) >= 11 is 0. The molecule has 1 aromatic carbocycles. The van der Waals surface area contributed by atoms with Gasteiger partial charge in [0.2, 0.25) is 0 Å². The standard InChI is InChI=1S/C34H47N5O2/c1-34(2,3)17-13-11-9-7-6-8-10-12-14-18-41-25-39-31(20-32-33(39)36-22-26-21-35-24-38(26)32)29-23-37(4)30-16-15-27(40-5)19-28(29)30/h15-16,19-24H,6-14,17-18,25H2,1-5H3. The average Bonchev–Trinajstić information content (AvgIpc) is 3.65. The van der Waals surface area contributed by atoms with E-state index in [-0.39, 0.29) is 0 Å². The number of ether oxygens (including phenoxy) is 2. The number of rotatable bonds is 15. The Bertz CT molecular complexity index is 1570. The summed E-state index contributed by atoms with van der Waals surface area (Å²) in [5, 5.41) is 1.15. The molecule has 0 radical (unpaired) electrons. The molecule has 5 rings (SSSR count). The minimum absolute atomic E-state index is 0.459. The Labute approximate surface area is 244 Å². The molecule has 0 atom stereocenters. The van der Waals surface area contributed by atoms with Gasteiger partial charge in [-0.3, -0.25) is 8.97 Å². The van der Waals surface area contributed by atoms with E-state index in [1.54, 1.807) is 7.11 Å². The molecule has 0 amide bonds. The number of imidazole rings is 1. The molecule has 0 aliphatic heterocycles. The van der Waals surface area contributed by atoms with Crippen molar-refractivity contribution in [3.05, 3.63) is 49.2 Å². The van der Waals surface area contributed by atoms with Crippen LogP contribution in [0.1, 0.15) is 85.0 Å². The van der Waals surface area contributed by atoms with E-state index < -0.39 is 0 Å². The summed E-state index contributed by atoms with van der Waals surface area (Å²) in [6, 6.07) is 8.44. The smallest absolute Gasteiger partial charge is 0.159 e. The third kappa shape index (κ3) is 6.95. The highest BCUT2D eigenvalue weighted by atomic mass is 16.5. The van der Waals surface area contributed by atoms with Gasteiger partial charge in [-0.15, -0.1) is 0 Å². The second kappa shape index (κ2) is 13.1. The molecule has 0 saturated carbocycles. The Morgan fingerprint density at radius 1 is 0.854 bits per heavy atom. The van der Waals surface area contributed by atoms with Crippen LogP contribution in [0.2, 0.25) is 0 Å². The van der Waals surface area contributed by atoms with Gasteiger partial charge in [-0.25, -0.2) is 9.97 Å². The molecule has 0 N–H and O–H groups in total. The average molecular weight is 558 g/mol. The molecular weight excluding hydrogens is 510 g/mol. The first kappa shape index (κ1) is 29.2. The Kier molecular flexibility index (Phi) is 9.33. The highest BCUT2D eigenvalue weighted by Crippen LogP contribution is 2.36. The first-order valence-electron chi connectivity index (χ1n) is 15.4. The number of benzene rings is 1. The zero-order chi connectivity index (χ0) is 28.8. The third-order valence-corrected chi connectivity index (χ3v) is 8.20. The molecule has 4 aromatic heterocycles. The van der Waals surface area contributed by atoms with Crippen molar-refractivity contribution in [3.8, 4) is 17.0 Å². The van der Waals surface area contributed by atoms with Crippen LogP contribution in [0.4, 0.5) is 0 Å². The zero-order valence-electron chi connectivity index (χ0n) is 25.7. The predicted octanol–water partition coefficient (Wildman–Crippen LogP) is 8.77. The lowest BCUT2D eigenvalue weighted by molar-refractivity contribution is 0.0773. The number of unbranched alkanes of at least 4 members (excludes halogenated alkanes) is 8. The van der Waals surface area contributed by atoms with Gasteiger partial charge < -0.3 is 14.0 Å². The van der Waals surface area contributed by atoms with Crippen molar-refractivity contribution in [2.24, 2.45) is 12.5 Å². The van der Waals surface area contributed by atoms with Crippen LogP contribution in [-0.2, 0) is 18.5 Å². The molecule has 0 saturated heterocycles. The van der Waals surface area contributed by atoms with Gasteiger partial charge in [-0.05, 0) is 42.5 Å². The molecule has 220 valence electrons. The summed E-state index contributed by atoms with van der Waals surface area (Å²) in [6.07, 6.45) is 20.9. The second-order valence-corrected chi connectivity index (χ2v) is 12.7. The lowest BCUT2D eigenvalue weighted by atomic mass is 9.89. The molecule has 41 heavy (non-hydrogen) atoms. The van der Waals surface area contributed by atoms with Crippen LogP contribution in [0.5, 0.6) is 5.75 Å². The molecule has 7 nitrogen and oxygen atoms in total. The molecule has 4 heterocycles. The maximum absolute atomic E-state index is 6.27. The van der Waals surface area contributed by atoms with Crippen LogP contribution in [-0.4, -0.2) is 37.2 Å². The van der Waals surface area contributed by atoms with E-state index in [2.05, 4.69) is 70.7 Å². The number of methoxy groups -OCH3 is 1. The number of aryl methyl sites for hydroxylation is 1. The second-order valence-electron chi connectivity index (χ2n) is 12.7. The third-order valence-electron chi connectivity index (χ3n) is 8.20. The minimum Gasteiger partial charge on any atom is -0.497 e. The first-order chi connectivity index (χ1) is 19.9. The fraction of sp³-hybridized carbons (Fsp3) is 0.529. The van der Waals surface area contributed by atoms with Gasteiger partial charge in [0.15, 0.2) is 5.65 Å². The summed E-state index contributed by atoms with van der Waals surface area (Å²) in [4.78, 5) is 9.17. The monoisotopic (exact) mass is 557 g/mol. The van der Waals surface area contributed by atoms with E-state index in [0.29, 0.717) is 12.1 Å². The van der Waals surface area contributed by atoms with Crippen LogP contribution in [0.25, 0.3) is 38.8 Å². The molecule has 5 aromatic rings. The van der Waals surface area contributed by atoms with E-state index in [1.807, 2.05) is 24.8 Å². The van der Waals surface area contributed by atoms with Crippen molar-refractivity contribution in [1.82, 2.24) is 23.5 Å². The van der Waals surface area contributed by atoms with Gasteiger partial charge in [-0.2, -0.15) is 0 Å². The maximum atomic E-state index is 6.27. The number of hydrogen-bond acceptors (Lipinski definition) is 4. The first-order valence-corrected chi connectivity index (χ1v) is 15.4. The summed E-state index contributed by atoms with van der Waals surface area (Å²) in [7, 11) is 3.80. The molecule has 0 aliphatic carbocycles. The minimum atomic E-state index is 0.459. The van der Waals surface area contributed by atoms with Crippen molar-refractivity contribution >= 4 is 27.6 Å². The number of aromatic nitrogens is 5. The topological polar surface area (TPSA) is 58.5 Å². The van der Waals surface area contributed by atoms with E-state index >= 15 is 0 Å². The molecule has 0 fully saturated rings. The molecule has 0 bridgehead atoms. The lowest BCUT2D eigenvalue weighted by Gasteiger charge is -2.17. The Balaban J connectivity index is 1.19.